The number of nitrogens with zero attached hydrogens (tertiary/aromatic N) is 1. The first-order chi connectivity index (χ1) is 8.49. The average molecular weight is 288 g/mol. The zero-order valence-corrected chi connectivity index (χ0v) is 10.9. The summed E-state index contributed by atoms with van der Waals surface area (Å²) in [6.45, 7) is 0.648. The maximum Gasteiger partial charge on any atom is 0.308 e. The topological polar surface area (TPSA) is 57.6 Å². The van der Waals surface area contributed by atoms with Crippen LogP contribution in [0.25, 0.3) is 0 Å². The summed E-state index contributed by atoms with van der Waals surface area (Å²) in [5, 5.41) is 9.65. The van der Waals surface area contributed by atoms with Gasteiger partial charge in [0.25, 0.3) is 5.91 Å². The van der Waals surface area contributed by atoms with Crippen LogP contribution in [0.3, 0.4) is 0 Å². The van der Waals surface area contributed by atoms with Crippen LogP contribution in [-0.2, 0) is 4.79 Å². The van der Waals surface area contributed by atoms with Gasteiger partial charge in [-0.1, -0.05) is 23.2 Å². The number of carboxylic acid groups (broad SMARTS) is 1. The van der Waals surface area contributed by atoms with Crippen LogP contribution in [0.15, 0.2) is 18.2 Å². The molecule has 4 nitrogen and oxygen atoms in total. The van der Waals surface area contributed by atoms with E-state index in [1.807, 2.05) is 0 Å². The Balaban J connectivity index is 2.17. The number of carbonyl (C=O) groups is 2. The number of hydrogen-bond acceptors (Lipinski definition) is 2. The van der Waals surface area contributed by atoms with E-state index in [1.54, 1.807) is 12.1 Å². The van der Waals surface area contributed by atoms with Crippen molar-refractivity contribution in [3.05, 3.63) is 33.8 Å². The van der Waals surface area contributed by atoms with E-state index in [0.29, 0.717) is 28.6 Å². The largest absolute Gasteiger partial charge is 0.481 e. The minimum Gasteiger partial charge on any atom is -0.481 e. The number of benzene rings is 1. The van der Waals surface area contributed by atoms with Gasteiger partial charge in [-0.3, -0.25) is 9.59 Å². The summed E-state index contributed by atoms with van der Waals surface area (Å²) >= 11 is 11.8. The van der Waals surface area contributed by atoms with Gasteiger partial charge in [0.2, 0.25) is 0 Å². The minimum atomic E-state index is -0.873. The molecular weight excluding hydrogens is 277 g/mol. The van der Waals surface area contributed by atoms with Crippen molar-refractivity contribution in [2.75, 3.05) is 13.1 Å². The van der Waals surface area contributed by atoms with Gasteiger partial charge in [0.15, 0.2) is 0 Å². The fourth-order valence-electron chi connectivity index (χ4n) is 1.98. The summed E-state index contributed by atoms with van der Waals surface area (Å²) in [5.74, 6) is -1.64. The molecule has 1 aliphatic rings. The molecule has 1 heterocycles. The second kappa shape index (κ2) is 5.16. The van der Waals surface area contributed by atoms with Crippen LogP contribution in [0.1, 0.15) is 16.8 Å². The van der Waals surface area contributed by atoms with Gasteiger partial charge in [-0.05, 0) is 24.6 Å². The zero-order valence-electron chi connectivity index (χ0n) is 9.40. The van der Waals surface area contributed by atoms with Crippen molar-refractivity contribution in [3.63, 3.8) is 0 Å². The first kappa shape index (κ1) is 13.2. The van der Waals surface area contributed by atoms with Crippen LogP contribution in [-0.4, -0.2) is 35.0 Å². The second-order valence-corrected chi connectivity index (χ2v) is 5.04. The molecule has 96 valence electrons. The van der Waals surface area contributed by atoms with Gasteiger partial charge >= 0.3 is 5.97 Å². The quantitative estimate of drug-likeness (QED) is 0.909. The normalized spacial score (nSPS) is 19.0. The summed E-state index contributed by atoms with van der Waals surface area (Å²) in [7, 11) is 0. The van der Waals surface area contributed by atoms with Crippen molar-refractivity contribution in [1.82, 2.24) is 4.90 Å². The number of carboxylic acids is 1. The Morgan fingerprint density at radius 2 is 2.06 bits per heavy atom. The SMILES string of the molecule is O=C(O)C1CCN(C(=O)c2cc(Cl)ccc2Cl)C1. The molecular formula is C12H11Cl2NO3. The molecule has 0 bridgehead atoms. The highest BCUT2D eigenvalue weighted by molar-refractivity contribution is 6.35. The standard InChI is InChI=1S/C12H11Cl2NO3/c13-8-1-2-10(14)9(5-8)11(16)15-4-3-7(6-15)12(17)18/h1-2,5,7H,3-4,6H2,(H,17,18). The molecule has 1 unspecified atom stereocenters. The highest BCUT2D eigenvalue weighted by atomic mass is 35.5. The number of rotatable bonds is 2. The third kappa shape index (κ3) is 2.60. The van der Waals surface area contributed by atoms with Crippen LogP contribution in [0.4, 0.5) is 0 Å². The number of halogens is 2. The lowest BCUT2D eigenvalue weighted by Gasteiger charge is -2.16. The van der Waals surface area contributed by atoms with Crippen LogP contribution in [0, 0.1) is 5.92 Å². The zero-order chi connectivity index (χ0) is 13.3. The van der Waals surface area contributed by atoms with E-state index in [9.17, 15) is 9.59 Å². The lowest BCUT2D eigenvalue weighted by atomic mass is 10.1. The highest BCUT2D eigenvalue weighted by Gasteiger charge is 2.31. The van der Waals surface area contributed by atoms with E-state index in [2.05, 4.69) is 0 Å². The van der Waals surface area contributed by atoms with E-state index >= 15 is 0 Å². The Morgan fingerprint density at radius 1 is 1.33 bits per heavy atom. The van der Waals surface area contributed by atoms with Crippen LogP contribution in [0.5, 0.6) is 0 Å². The fraction of sp³-hybridized carbons (Fsp3) is 0.333. The third-order valence-electron chi connectivity index (χ3n) is 2.98. The lowest BCUT2D eigenvalue weighted by molar-refractivity contribution is -0.141. The predicted octanol–water partition coefficient (Wildman–Crippen LogP) is 2.54. The van der Waals surface area contributed by atoms with Gasteiger partial charge < -0.3 is 10.0 Å². The predicted molar refractivity (Wildman–Crippen MR) is 68.1 cm³/mol. The van der Waals surface area contributed by atoms with Gasteiger partial charge in [0.05, 0.1) is 16.5 Å². The van der Waals surface area contributed by atoms with Gasteiger partial charge in [-0.25, -0.2) is 0 Å². The van der Waals surface area contributed by atoms with Crippen molar-refractivity contribution in [3.8, 4) is 0 Å². The number of amides is 1. The summed E-state index contributed by atoms with van der Waals surface area (Å²) in [6.07, 6.45) is 0.471. The maximum absolute atomic E-state index is 12.2. The van der Waals surface area contributed by atoms with Gasteiger partial charge in [0.1, 0.15) is 0 Å². The Hall–Kier alpha value is -1.26. The maximum atomic E-state index is 12.2. The molecule has 18 heavy (non-hydrogen) atoms. The third-order valence-corrected chi connectivity index (χ3v) is 3.55. The minimum absolute atomic E-state index is 0.219. The van der Waals surface area contributed by atoms with Crippen LogP contribution in [0.2, 0.25) is 10.0 Å². The Labute approximate surface area is 114 Å². The molecule has 1 aliphatic heterocycles. The molecule has 1 amide bonds. The average Bonchev–Trinajstić information content (AvgIpc) is 2.81. The smallest absolute Gasteiger partial charge is 0.308 e. The molecule has 0 saturated carbocycles. The molecule has 1 fully saturated rings. The number of carbonyl (C=O) groups excluding carboxylic acids is 1. The number of aliphatic carboxylic acids is 1. The fourth-order valence-corrected chi connectivity index (χ4v) is 2.35. The van der Waals surface area contributed by atoms with E-state index < -0.39 is 11.9 Å². The summed E-state index contributed by atoms with van der Waals surface area (Å²) in [5.41, 5.74) is 0.315. The van der Waals surface area contributed by atoms with Crippen molar-refractivity contribution in [2.45, 2.75) is 6.42 Å². The Bertz CT molecular complexity index is 504. The molecule has 1 aromatic rings. The van der Waals surface area contributed by atoms with E-state index in [0.717, 1.165) is 0 Å². The van der Waals surface area contributed by atoms with Crippen LogP contribution < -0.4 is 0 Å². The molecule has 0 aliphatic carbocycles. The van der Waals surface area contributed by atoms with E-state index in [4.69, 9.17) is 28.3 Å². The van der Waals surface area contributed by atoms with E-state index in [-0.39, 0.29) is 12.5 Å². The first-order valence-electron chi connectivity index (χ1n) is 5.46. The van der Waals surface area contributed by atoms with Crippen molar-refractivity contribution in [2.24, 2.45) is 5.92 Å². The van der Waals surface area contributed by atoms with Crippen LogP contribution >= 0.6 is 23.2 Å². The summed E-state index contributed by atoms with van der Waals surface area (Å²) < 4.78 is 0. The van der Waals surface area contributed by atoms with E-state index in [1.165, 1.54) is 11.0 Å². The molecule has 2 rings (SSSR count). The molecule has 1 atom stereocenters. The molecule has 0 aromatic heterocycles. The monoisotopic (exact) mass is 287 g/mol. The van der Waals surface area contributed by atoms with Crippen molar-refractivity contribution >= 4 is 35.1 Å². The highest BCUT2D eigenvalue weighted by Crippen LogP contribution is 2.25. The lowest BCUT2D eigenvalue weighted by Crippen LogP contribution is -2.30. The summed E-state index contributed by atoms with van der Waals surface area (Å²) in [6, 6.07) is 4.66. The first-order valence-corrected chi connectivity index (χ1v) is 6.22. The number of likely N-dealkylation sites (tertiary alicyclic amines) is 1. The van der Waals surface area contributed by atoms with Crippen molar-refractivity contribution in [1.29, 1.82) is 0 Å². The second-order valence-electron chi connectivity index (χ2n) is 4.20. The molecule has 0 radical (unpaired) electrons. The van der Waals surface area contributed by atoms with Crippen molar-refractivity contribution < 1.29 is 14.7 Å². The Morgan fingerprint density at radius 3 is 2.67 bits per heavy atom. The molecule has 1 saturated heterocycles. The van der Waals surface area contributed by atoms with Gasteiger partial charge in [-0.2, -0.15) is 0 Å². The number of hydrogen-bond donors (Lipinski definition) is 1. The molecule has 1 N–H and O–H groups in total. The molecule has 6 heteroatoms. The van der Waals surface area contributed by atoms with Gasteiger partial charge in [-0.15, -0.1) is 0 Å². The molecule has 1 aromatic carbocycles. The summed E-state index contributed by atoms with van der Waals surface area (Å²) in [4.78, 5) is 24.5. The Kier molecular flexibility index (Phi) is 3.78. The van der Waals surface area contributed by atoms with Gasteiger partial charge in [0, 0.05) is 18.1 Å². The molecule has 0 spiro atoms.